The maximum absolute atomic E-state index is 5.76. The third-order valence-corrected chi connectivity index (χ3v) is 5.00. The maximum Gasteiger partial charge on any atom is 0.132 e. The zero-order valence-electron chi connectivity index (χ0n) is 14.9. The first kappa shape index (κ1) is 17.0. The smallest absolute Gasteiger partial charge is 0.132 e. The summed E-state index contributed by atoms with van der Waals surface area (Å²) in [5.41, 5.74) is 1.26. The minimum Gasteiger partial charge on any atom is -0.465 e. The fraction of sp³-hybridized carbons (Fsp3) is 0.550. The molecule has 0 atom stereocenters. The van der Waals surface area contributed by atoms with E-state index in [0.29, 0.717) is 6.04 Å². The molecule has 0 radical (unpaired) electrons. The third-order valence-electron chi connectivity index (χ3n) is 5.00. The fourth-order valence-corrected chi connectivity index (χ4v) is 3.55. The van der Waals surface area contributed by atoms with E-state index in [1.807, 2.05) is 12.3 Å². The van der Waals surface area contributed by atoms with E-state index < -0.39 is 0 Å². The van der Waals surface area contributed by atoms with Gasteiger partial charge < -0.3 is 14.6 Å². The summed E-state index contributed by atoms with van der Waals surface area (Å²) in [5, 5.41) is 3.49. The Bertz CT molecular complexity index is 631. The molecule has 1 N–H and O–H groups in total. The standard InChI is InChI=1S/C20H29N3O/c1-3-18-11-12-19(24-18)15-21-14-16-8-7-13-22-20(16)23(2)17-9-5-4-6-10-17/h7-8,11-13,17,21H,3-6,9-10,14-15H2,1-2H3. The van der Waals surface area contributed by atoms with E-state index in [-0.39, 0.29) is 0 Å². The van der Waals surface area contributed by atoms with Gasteiger partial charge in [0, 0.05) is 37.8 Å². The van der Waals surface area contributed by atoms with Gasteiger partial charge in [0.05, 0.1) is 6.54 Å². The SMILES string of the molecule is CCc1ccc(CNCc2cccnc2N(C)C2CCCCC2)o1. The van der Waals surface area contributed by atoms with Crippen molar-refractivity contribution in [1.82, 2.24) is 10.3 Å². The fourth-order valence-electron chi connectivity index (χ4n) is 3.55. The average Bonchev–Trinajstić information content (AvgIpc) is 3.10. The number of hydrogen-bond acceptors (Lipinski definition) is 4. The molecule has 0 saturated heterocycles. The zero-order valence-corrected chi connectivity index (χ0v) is 14.9. The van der Waals surface area contributed by atoms with Crippen molar-refractivity contribution in [3.05, 3.63) is 47.5 Å². The summed E-state index contributed by atoms with van der Waals surface area (Å²) >= 11 is 0. The Morgan fingerprint density at radius 2 is 1.92 bits per heavy atom. The largest absolute Gasteiger partial charge is 0.465 e. The van der Waals surface area contributed by atoms with Gasteiger partial charge in [0.25, 0.3) is 0 Å². The Hall–Kier alpha value is -1.81. The molecule has 0 aliphatic heterocycles. The summed E-state index contributed by atoms with van der Waals surface area (Å²) < 4.78 is 5.76. The van der Waals surface area contributed by atoms with E-state index in [1.54, 1.807) is 0 Å². The van der Waals surface area contributed by atoms with Crippen LogP contribution in [0.15, 0.2) is 34.9 Å². The molecule has 2 aromatic rings. The monoisotopic (exact) mass is 327 g/mol. The Labute approximate surface area is 145 Å². The molecule has 0 bridgehead atoms. The highest BCUT2D eigenvalue weighted by Crippen LogP contribution is 2.26. The van der Waals surface area contributed by atoms with Gasteiger partial charge in [0.1, 0.15) is 17.3 Å². The first-order valence-corrected chi connectivity index (χ1v) is 9.23. The molecule has 24 heavy (non-hydrogen) atoms. The highest BCUT2D eigenvalue weighted by Gasteiger charge is 2.20. The van der Waals surface area contributed by atoms with Gasteiger partial charge in [-0.25, -0.2) is 4.98 Å². The third kappa shape index (κ3) is 4.18. The molecule has 0 aromatic carbocycles. The van der Waals surface area contributed by atoms with E-state index in [4.69, 9.17) is 4.42 Å². The Morgan fingerprint density at radius 1 is 1.12 bits per heavy atom. The van der Waals surface area contributed by atoms with Crippen LogP contribution in [0.25, 0.3) is 0 Å². The van der Waals surface area contributed by atoms with E-state index in [0.717, 1.165) is 36.8 Å². The van der Waals surface area contributed by atoms with E-state index in [9.17, 15) is 0 Å². The number of nitrogens with one attached hydrogen (secondary N) is 1. The van der Waals surface area contributed by atoms with E-state index in [1.165, 1.54) is 37.7 Å². The van der Waals surface area contributed by atoms with Crippen molar-refractivity contribution < 1.29 is 4.42 Å². The lowest BCUT2D eigenvalue weighted by atomic mass is 9.94. The van der Waals surface area contributed by atoms with Gasteiger partial charge in [-0.3, -0.25) is 0 Å². The van der Waals surface area contributed by atoms with Crippen molar-refractivity contribution in [3.63, 3.8) is 0 Å². The number of aromatic nitrogens is 1. The molecule has 0 unspecified atom stereocenters. The summed E-state index contributed by atoms with van der Waals surface area (Å²) in [6.07, 6.45) is 9.47. The number of hydrogen-bond donors (Lipinski definition) is 1. The minimum atomic E-state index is 0.629. The summed E-state index contributed by atoms with van der Waals surface area (Å²) in [6.45, 7) is 3.67. The summed E-state index contributed by atoms with van der Waals surface area (Å²) in [7, 11) is 2.20. The quantitative estimate of drug-likeness (QED) is 0.823. The summed E-state index contributed by atoms with van der Waals surface area (Å²) in [6, 6.07) is 8.95. The van der Waals surface area contributed by atoms with Crippen LogP contribution in [0.4, 0.5) is 5.82 Å². The lowest BCUT2D eigenvalue weighted by Gasteiger charge is -2.33. The lowest BCUT2D eigenvalue weighted by molar-refractivity contribution is 0.424. The van der Waals surface area contributed by atoms with Crippen LogP contribution < -0.4 is 10.2 Å². The Kier molecular flexibility index (Phi) is 5.91. The van der Waals surface area contributed by atoms with Gasteiger partial charge in [-0.2, -0.15) is 0 Å². The molecule has 1 saturated carbocycles. The van der Waals surface area contributed by atoms with Gasteiger partial charge in [0.15, 0.2) is 0 Å². The molecule has 2 heterocycles. The number of pyridine rings is 1. The molecule has 3 rings (SSSR count). The maximum atomic E-state index is 5.76. The van der Waals surface area contributed by atoms with Gasteiger partial charge in [-0.1, -0.05) is 32.3 Å². The average molecular weight is 327 g/mol. The molecule has 1 aliphatic carbocycles. The minimum absolute atomic E-state index is 0.629. The van der Waals surface area contributed by atoms with Crippen LogP contribution in [0.5, 0.6) is 0 Å². The predicted molar refractivity (Wildman–Crippen MR) is 98.1 cm³/mol. The normalized spacial score (nSPS) is 15.6. The molecule has 130 valence electrons. The topological polar surface area (TPSA) is 41.3 Å². The van der Waals surface area contributed by atoms with Crippen molar-refractivity contribution in [2.75, 3.05) is 11.9 Å². The second-order valence-electron chi connectivity index (χ2n) is 6.71. The number of anilines is 1. The molecule has 0 spiro atoms. The van der Waals surface area contributed by atoms with E-state index >= 15 is 0 Å². The number of furan rings is 1. The first-order chi connectivity index (χ1) is 11.8. The second kappa shape index (κ2) is 8.34. The van der Waals surface area contributed by atoms with Crippen molar-refractivity contribution in [3.8, 4) is 0 Å². The van der Waals surface area contributed by atoms with Gasteiger partial charge in [-0.15, -0.1) is 0 Å². The first-order valence-electron chi connectivity index (χ1n) is 9.23. The van der Waals surface area contributed by atoms with Crippen molar-refractivity contribution >= 4 is 5.82 Å². The van der Waals surface area contributed by atoms with Gasteiger partial charge in [-0.05, 0) is 31.0 Å². The Morgan fingerprint density at radius 3 is 2.67 bits per heavy atom. The molecule has 2 aromatic heterocycles. The summed E-state index contributed by atoms with van der Waals surface area (Å²) in [4.78, 5) is 7.05. The van der Waals surface area contributed by atoms with Crippen LogP contribution in [-0.2, 0) is 19.5 Å². The van der Waals surface area contributed by atoms with Crippen LogP contribution in [0.2, 0.25) is 0 Å². The zero-order chi connectivity index (χ0) is 16.8. The Balaban J connectivity index is 1.60. The highest BCUT2D eigenvalue weighted by molar-refractivity contribution is 5.47. The molecule has 1 aliphatic rings. The number of nitrogens with zero attached hydrogens (tertiary/aromatic N) is 2. The predicted octanol–water partition coefficient (Wildman–Crippen LogP) is 4.30. The summed E-state index contributed by atoms with van der Waals surface area (Å²) in [5.74, 6) is 3.16. The van der Waals surface area contributed by atoms with Crippen LogP contribution in [0.1, 0.15) is 56.1 Å². The number of rotatable bonds is 7. The van der Waals surface area contributed by atoms with Crippen molar-refractivity contribution in [2.24, 2.45) is 0 Å². The number of aryl methyl sites for hydroxylation is 1. The van der Waals surface area contributed by atoms with Crippen LogP contribution in [-0.4, -0.2) is 18.1 Å². The van der Waals surface area contributed by atoms with Gasteiger partial charge >= 0.3 is 0 Å². The van der Waals surface area contributed by atoms with Crippen molar-refractivity contribution in [2.45, 2.75) is 64.6 Å². The molecular formula is C20H29N3O. The molecule has 1 fully saturated rings. The highest BCUT2D eigenvalue weighted by atomic mass is 16.3. The van der Waals surface area contributed by atoms with Crippen LogP contribution in [0, 0.1) is 0 Å². The molecule has 0 amide bonds. The van der Waals surface area contributed by atoms with E-state index in [2.05, 4.69) is 47.4 Å². The molecule has 4 heteroatoms. The lowest BCUT2D eigenvalue weighted by Crippen LogP contribution is -2.35. The van der Waals surface area contributed by atoms with Gasteiger partial charge in [0.2, 0.25) is 0 Å². The van der Waals surface area contributed by atoms with Crippen molar-refractivity contribution in [1.29, 1.82) is 0 Å². The molecule has 4 nitrogen and oxygen atoms in total. The van der Waals surface area contributed by atoms with Crippen LogP contribution in [0.3, 0.4) is 0 Å². The molecular weight excluding hydrogens is 298 g/mol. The second-order valence-corrected chi connectivity index (χ2v) is 6.71. The van der Waals surface area contributed by atoms with Crippen LogP contribution >= 0.6 is 0 Å².